The second-order valence-corrected chi connectivity index (χ2v) is 8.45. The third-order valence-corrected chi connectivity index (χ3v) is 6.10. The van der Waals surface area contributed by atoms with E-state index in [0.29, 0.717) is 13.1 Å². The Labute approximate surface area is 129 Å². The summed E-state index contributed by atoms with van der Waals surface area (Å²) in [4.78, 5) is 2.12. The normalized spacial score (nSPS) is 19.9. The summed E-state index contributed by atoms with van der Waals surface area (Å²) in [6.07, 6.45) is 1.81. The zero-order chi connectivity index (χ0) is 14.8. The minimum Gasteiger partial charge on any atom is -0.369 e. The van der Waals surface area contributed by atoms with Gasteiger partial charge in [0.2, 0.25) is 0 Å². The molecule has 0 aromatic heterocycles. The van der Waals surface area contributed by atoms with Gasteiger partial charge in [0.05, 0.1) is 11.5 Å². The second kappa shape index (κ2) is 6.45. The van der Waals surface area contributed by atoms with E-state index >= 15 is 0 Å². The highest BCUT2D eigenvalue weighted by molar-refractivity contribution is 9.10. The van der Waals surface area contributed by atoms with Crippen LogP contribution in [-0.4, -0.2) is 39.1 Å². The highest BCUT2D eigenvalue weighted by Gasteiger charge is 2.22. The molecule has 0 aliphatic carbocycles. The van der Waals surface area contributed by atoms with Crippen LogP contribution in [0, 0.1) is 0 Å². The maximum absolute atomic E-state index is 11.5. The topological polar surface area (TPSA) is 63.4 Å². The van der Waals surface area contributed by atoms with Crippen molar-refractivity contribution in [2.45, 2.75) is 25.8 Å². The molecule has 1 aliphatic rings. The van der Waals surface area contributed by atoms with Crippen molar-refractivity contribution in [3.63, 3.8) is 0 Å². The van der Waals surface area contributed by atoms with Crippen molar-refractivity contribution >= 4 is 31.5 Å². The monoisotopic (exact) mass is 360 g/mol. The van der Waals surface area contributed by atoms with Gasteiger partial charge in [0.15, 0.2) is 9.84 Å². The van der Waals surface area contributed by atoms with Crippen LogP contribution in [-0.2, 0) is 16.3 Å². The number of anilines is 1. The minimum absolute atomic E-state index is 0.178. The summed E-state index contributed by atoms with van der Waals surface area (Å²) in [6.45, 7) is 3.23. The number of hydrogen-bond acceptors (Lipinski definition) is 4. The van der Waals surface area contributed by atoms with Gasteiger partial charge in [0, 0.05) is 29.3 Å². The van der Waals surface area contributed by atoms with Gasteiger partial charge in [-0.25, -0.2) is 8.42 Å². The Balaban J connectivity index is 2.09. The molecule has 1 saturated heterocycles. The van der Waals surface area contributed by atoms with Crippen LogP contribution in [0.25, 0.3) is 0 Å². The fourth-order valence-corrected chi connectivity index (χ4v) is 4.03. The Bertz CT molecular complexity index is 561. The van der Waals surface area contributed by atoms with Gasteiger partial charge in [0.25, 0.3) is 0 Å². The van der Waals surface area contributed by atoms with E-state index in [1.807, 2.05) is 0 Å². The Morgan fingerprint density at radius 2 is 2.00 bits per heavy atom. The molecule has 4 nitrogen and oxygen atoms in total. The molecule has 1 heterocycles. The van der Waals surface area contributed by atoms with E-state index < -0.39 is 9.84 Å². The summed E-state index contributed by atoms with van der Waals surface area (Å²) < 4.78 is 24.0. The molecule has 112 valence electrons. The lowest BCUT2D eigenvalue weighted by Gasteiger charge is -2.29. The molecule has 0 radical (unpaired) electrons. The second-order valence-electron chi connectivity index (χ2n) is 5.29. The molecule has 1 unspecified atom stereocenters. The van der Waals surface area contributed by atoms with Crippen LogP contribution >= 0.6 is 15.9 Å². The summed E-state index contributed by atoms with van der Waals surface area (Å²) in [5.41, 5.74) is 8.26. The molecule has 0 saturated carbocycles. The lowest BCUT2D eigenvalue weighted by molar-refractivity contribution is 0.587. The average Bonchev–Trinajstić information content (AvgIpc) is 2.41. The highest BCUT2D eigenvalue weighted by Crippen LogP contribution is 2.26. The third kappa shape index (κ3) is 3.96. The molecule has 1 fully saturated rings. The van der Waals surface area contributed by atoms with Crippen LogP contribution in [0.15, 0.2) is 22.7 Å². The summed E-state index contributed by atoms with van der Waals surface area (Å²) in [6, 6.07) is 6.38. The fraction of sp³-hybridized carbons (Fsp3) is 0.571. The zero-order valence-electron chi connectivity index (χ0n) is 11.7. The number of nitrogens with zero attached hydrogens (tertiary/aromatic N) is 1. The molecule has 0 bridgehead atoms. The Morgan fingerprint density at radius 3 is 2.55 bits per heavy atom. The van der Waals surface area contributed by atoms with Crippen molar-refractivity contribution in [2.75, 3.05) is 29.5 Å². The van der Waals surface area contributed by atoms with Gasteiger partial charge < -0.3 is 10.6 Å². The number of nitrogens with two attached hydrogens (primary N) is 1. The smallest absolute Gasteiger partial charge is 0.153 e. The molecule has 1 aliphatic heterocycles. The minimum atomic E-state index is -2.83. The van der Waals surface area contributed by atoms with Gasteiger partial charge in [-0.15, -0.1) is 0 Å². The SMILES string of the molecule is CCC(N)Cc1ccc(N2CCS(=O)(=O)CC2)cc1Br. The van der Waals surface area contributed by atoms with Gasteiger partial charge in [-0.05, 0) is 30.5 Å². The van der Waals surface area contributed by atoms with Crippen molar-refractivity contribution in [1.82, 2.24) is 0 Å². The zero-order valence-corrected chi connectivity index (χ0v) is 14.1. The van der Waals surface area contributed by atoms with E-state index in [-0.39, 0.29) is 17.5 Å². The fourth-order valence-electron chi connectivity index (χ4n) is 2.30. The standard InChI is InChI=1S/C14H21BrN2O2S/c1-2-12(16)9-11-3-4-13(10-14(11)15)17-5-7-20(18,19)8-6-17/h3-4,10,12H,2,5-9,16H2,1H3. The van der Waals surface area contributed by atoms with Crippen LogP contribution < -0.4 is 10.6 Å². The van der Waals surface area contributed by atoms with Crippen LogP contribution in [0.2, 0.25) is 0 Å². The van der Waals surface area contributed by atoms with Crippen LogP contribution in [0.1, 0.15) is 18.9 Å². The molecule has 1 atom stereocenters. The lowest BCUT2D eigenvalue weighted by atomic mass is 10.0. The first-order valence-electron chi connectivity index (χ1n) is 6.90. The summed E-state index contributed by atoms with van der Waals surface area (Å²) in [7, 11) is -2.83. The van der Waals surface area contributed by atoms with E-state index in [1.54, 1.807) is 0 Å². The number of halogens is 1. The van der Waals surface area contributed by atoms with Gasteiger partial charge in [-0.1, -0.05) is 28.9 Å². The lowest BCUT2D eigenvalue weighted by Crippen LogP contribution is -2.40. The summed E-state index contributed by atoms with van der Waals surface area (Å²) >= 11 is 3.59. The summed E-state index contributed by atoms with van der Waals surface area (Å²) in [5, 5.41) is 0. The quantitative estimate of drug-likeness (QED) is 0.891. The van der Waals surface area contributed by atoms with Crippen molar-refractivity contribution in [2.24, 2.45) is 5.73 Å². The van der Waals surface area contributed by atoms with E-state index in [9.17, 15) is 8.42 Å². The maximum Gasteiger partial charge on any atom is 0.153 e. The molecule has 1 aromatic carbocycles. The van der Waals surface area contributed by atoms with Gasteiger partial charge in [0.1, 0.15) is 0 Å². The Morgan fingerprint density at radius 1 is 1.35 bits per heavy atom. The number of rotatable bonds is 4. The largest absolute Gasteiger partial charge is 0.369 e. The summed E-state index contributed by atoms with van der Waals surface area (Å²) in [5.74, 6) is 0.486. The first-order valence-corrected chi connectivity index (χ1v) is 9.52. The first-order chi connectivity index (χ1) is 9.41. The molecule has 2 rings (SSSR count). The molecule has 0 amide bonds. The van der Waals surface area contributed by atoms with Crippen LogP contribution in [0.5, 0.6) is 0 Å². The molecule has 1 aromatic rings. The third-order valence-electron chi connectivity index (χ3n) is 3.75. The Kier molecular flexibility index (Phi) is 5.09. The molecule has 2 N–H and O–H groups in total. The number of sulfone groups is 1. The van der Waals surface area contributed by atoms with Crippen LogP contribution in [0.3, 0.4) is 0 Å². The van der Waals surface area contributed by atoms with E-state index in [0.717, 1.165) is 23.0 Å². The maximum atomic E-state index is 11.5. The molecule has 20 heavy (non-hydrogen) atoms. The average molecular weight is 361 g/mol. The molecule has 6 heteroatoms. The Hall–Kier alpha value is -0.590. The predicted octanol–water partition coefficient (Wildman–Crippen LogP) is 1.96. The molecular weight excluding hydrogens is 340 g/mol. The van der Waals surface area contributed by atoms with Gasteiger partial charge in [-0.2, -0.15) is 0 Å². The number of benzene rings is 1. The van der Waals surface area contributed by atoms with Gasteiger partial charge in [-0.3, -0.25) is 0 Å². The van der Waals surface area contributed by atoms with Crippen molar-refractivity contribution in [3.05, 3.63) is 28.2 Å². The van der Waals surface area contributed by atoms with Gasteiger partial charge >= 0.3 is 0 Å². The first kappa shape index (κ1) is 15.8. The molecular formula is C14H21BrN2O2S. The highest BCUT2D eigenvalue weighted by atomic mass is 79.9. The number of hydrogen-bond donors (Lipinski definition) is 1. The van der Waals surface area contributed by atoms with E-state index in [4.69, 9.17) is 5.73 Å². The van der Waals surface area contributed by atoms with E-state index in [2.05, 4.69) is 46.0 Å². The van der Waals surface area contributed by atoms with Crippen molar-refractivity contribution in [1.29, 1.82) is 0 Å². The van der Waals surface area contributed by atoms with Crippen molar-refractivity contribution in [3.8, 4) is 0 Å². The predicted molar refractivity (Wildman–Crippen MR) is 87.0 cm³/mol. The van der Waals surface area contributed by atoms with Crippen LogP contribution in [0.4, 0.5) is 5.69 Å². The molecule has 0 spiro atoms. The van der Waals surface area contributed by atoms with Crippen molar-refractivity contribution < 1.29 is 8.42 Å². The van der Waals surface area contributed by atoms with E-state index in [1.165, 1.54) is 5.56 Å².